The van der Waals surface area contributed by atoms with Crippen molar-refractivity contribution in [3.05, 3.63) is 0 Å². The quantitative estimate of drug-likeness (QED) is 0.614. The van der Waals surface area contributed by atoms with E-state index in [1.807, 2.05) is 0 Å². The Morgan fingerprint density at radius 2 is 2.05 bits per heavy atom. The zero-order valence-corrected chi connectivity index (χ0v) is 14.0. The molecule has 1 unspecified atom stereocenters. The van der Waals surface area contributed by atoms with Crippen molar-refractivity contribution in [3.8, 4) is 0 Å². The predicted octanol–water partition coefficient (Wildman–Crippen LogP) is 3.30. The van der Waals surface area contributed by atoms with Gasteiger partial charge in [0.25, 0.3) is 5.91 Å². The molecular formula is C15H25BrN2O2. The first-order valence-corrected chi connectivity index (χ1v) is 8.84. The highest BCUT2D eigenvalue weighted by Gasteiger charge is 2.52. The molecule has 1 saturated carbocycles. The number of hydrogen-bond acceptors (Lipinski definition) is 2. The van der Waals surface area contributed by atoms with Crippen LogP contribution in [-0.2, 0) is 4.79 Å². The van der Waals surface area contributed by atoms with Crippen molar-refractivity contribution in [2.45, 2.75) is 57.9 Å². The summed E-state index contributed by atoms with van der Waals surface area (Å²) in [6.07, 6.45) is 5.74. The molecule has 2 fully saturated rings. The van der Waals surface area contributed by atoms with Crippen LogP contribution in [0.3, 0.4) is 0 Å². The van der Waals surface area contributed by atoms with Gasteiger partial charge in [-0.3, -0.25) is 9.69 Å². The third-order valence-electron chi connectivity index (χ3n) is 4.73. The number of amides is 3. The fourth-order valence-electron chi connectivity index (χ4n) is 3.32. The SMILES string of the molecule is CCCC(CBr)CN1C(=O)NC2(CCC(C)CC2)C1=O. The summed E-state index contributed by atoms with van der Waals surface area (Å²) in [4.78, 5) is 26.3. The van der Waals surface area contributed by atoms with Crippen LogP contribution in [0.15, 0.2) is 0 Å². The molecule has 5 heteroatoms. The van der Waals surface area contributed by atoms with E-state index in [-0.39, 0.29) is 11.9 Å². The van der Waals surface area contributed by atoms with Gasteiger partial charge in [0.1, 0.15) is 5.54 Å². The van der Waals surface area contributed by atoms with Crippen LogP contribution in [0.4, 0.5) is 4.79 Å². The second kappa shape index (κ2) is 6.46. The molecule has 114 valence electrons. The summed E-state index contributed by atoms with van der Waals surface area (Å²) in [5.41, 5.74) is -0.591. The Bertz CT molecular complexity index is 378. The minimum absolute atomic E-state index is 0.0106. The third kappa shape index (κ3) is 3.02. The topological polar surface area (TPSA) is 49.4 Å². The molecular weight excluding hydrogens is 320 g/mol. The lowest BCUT2D eigenvalue weighted by Crippen LogP contribution is -2.49. The van der Waals surface area contributed by atoms with Crippen LogP contribution in [0, 0.1) is 11.8 Å². The Morgan fingerprint density at radius 1 is 1.40 bits per heavy atom. The van der Waals surface area contributed by atoms with Crippen LogP contribution >= 0.6 is 15.9 Å². The zero-order chi connectivity index (χ0) is 14.8. The van der Waals surface area contributed by atoms with Crippen molar-refractivity contribution in [2.24, 2.45) is 11.8 Å². The van der Waals surface area contributed by atoms with Crippen molar-refractivity contribution >= 4 is 27.9 Å². The molecule has 3 amide bonds. The summed E-state index contributed by atoms with van der Waals surface area (Å²) in [5.74, 6) is 1.03. The summed E-state index contributed by atoms with van der Waals surface area (Å²) in [6.45, 7) is 4.89. The number of nitrogens with zero attached hydrogens (tertiary/aromatic N) is 1. The van der Waals surface area contributed by atoms with Crippen molar-refractivity contribution in [3.63, 3.8) is 0 Å². The highest BCUT2D eigenvalue weighted by atomic mass is 79.9. The molecule has 1 heterocycles. The van der Waals surface area contributed by atoms with E-state index < -0.39 is 5.54 Å². The highest BCUT2D eigenvalue weighted by molar-refractivity contribution is 9.09. The average molecular weight is 345 g/mol. The van der Waals surface area contributed by atoms with Crippen LogP contribution in [0.5, 0.6) is 0 Å². The van der Waals surface area contributed by atoms with Gasteiger partial charge in [-0.25, -0.2) is 4.79 Å². The Hall–Kier alpha value is -0.580. The molecule has 2 aliphatic rings. The lowest BCUT2D eigenvalue weighted by Gasteiger charge is -2.33. The highest BCUT2D eigenvalue weighted by Crippen LogP contribution is 2.36. The fraction of sp³-hybridized carbons (Fsp3) is 0.867. The Morgan fingerprint density at radius 3 is 2.60 bits per heavy atom. The van der Waals surface area contributed by atoms with Crippen molar-refractivity contribution in [1.82, 2.24) is 10.2 Å². The van der Waals surface area contributed by atoms with Gasteiger partial charge in [-0.05, 0) is 43.9 Å². The number of carbonyl (C=O) groups excluding carboxylic acids is 2. The maximum atomic E-state index is 12.7. The van der Waals surface area contributed by atoms with E-state index in [0.717, 1.165) is 43.9 Å². The zero-order valence-electron chi connectivity index (χ0n) is 12.5. The standard InChI is InChI=1S/C15H25BrN2O2/c1-3-4-12(9-16)10-18-13(19)15(17-14(18)20)7-5-11(2)6-8-15/h11-12H,3-10H2,1-2H3,(H,17,20). The first kappa shape index (κ1) is 15.8. The Balaban J connectivity index is 2.05. The maximum absolute atomic E-state index is 12.7. The predicted molar refractivity (Wildman–Crippen MR) is 82.8 cm³/mol. The number of halogens is 1. The molecule has 1 aliphatic carbocycles. The molecule has 0 aromatic heterocycles. The van der Waals surface area contributed by atoms with Gasteiger partial charge >= 0.3 is 6.03 Å². The molecule has 0 aromatic carbocycles. The Labute approximate surface area is 129 Å². The summed E-state index contributed by atoms with van der Waals surface area (Å²) in [7, 11) is 0. The van der Waals surface area contributed by atoms with Gasteiger partial charge < -0.3 is 5.32 Å². The molecule has 0 bridgehead atoms. The number of rotatable bonds is 5. The second-order valence-electron chi connectivity index (χ2n) is 6.42. The lowest BCUT2D eigenvalue weighted by atomic mass is 9.77. The number of alkyl halides is 1. The first-order valence-electron chi connectivity index (χ1n) is 7.72. The molecule has 0 radical (unpaired) electrons. The molecule has 1 saturated heterocycles. The fourth-order valence-corrected chi connectivity index (χ4v) is 3.85. The van der Waals surface area contributed by atoms with Gasteiger partial charge in [-0.15, -0.1) is 0 Å². The van der Waals surface area contributed by atoms with Gasteiger partial charge in [-0.1, -0.05) is 36.2 Å². The number of urea groups is 1. The molecule has 1 atom stereocenters. The number of imide groups is 1. The summed E-state index contributed by atoms with van der Waals surface area (Å²) in [5, 5.41) is 3.82. The molecule has 20 heavy (non-hydrogen) atoms. The third-order valence-corrected chi connectivity index (χ3v) is 5.65. The van der Waals surface area contributed by atoms with Crippen LogP contribution in [-0.4, -0.2) is 34.3 Å². The minimum Gasteiger partial charge on any atom is -0.323 e. The monoisotopic (exact) mass is 344 g/mol. The van der Waals surface area contributed by atoms with Gasteiger partial charge in [0, 0.05) is 11.9 Å². The largest absolute Gasteiger partial charge is 0.325 e. The maximum Gasteiger partial charge on any atom is 0.325 e. The summed E-state index contributed by atoms with van der Waals surface area (Å²) in [6, 6.07) is -0.188. The van der Waals surface area contributed by atoms with E-state index in [4.69, 9.17) is 0 Å². The Kier molecular flexibility index (Phi) is 5.10. The van der Waals surface area contributed by atoms with Crippen molar-refractivity contribution in [2.75, 3.05) is 11.9 Å². The number of nitrogens with one attached hydrogen (secondary N) is 1. The van der Waals surface area contributed by atoms with Crippen LogP contribution < -0.4 is 5.32 Å². The minimum atomic E-state index is -0.591. The average Bonchev–Trinajstić information content (AvgIpc) is 2.66. The van der Waals surface area contributed by atoms with E-state index >= 15 is 0 Å². The smallest absolute Gasteiger partial charge is 0.323 e. The van der Waals surface area contributed by atoms with E-state index in [9.17, 15) is 9.59 Å². The number of hydrogen-bond donors (Lipinski definition) is 1. The van der Waals surface area contributed by atoms with Crippen LogP contribution in [0.25, 0.3) is 0 Å². The molecule has 1 spiro atoms. The molecule has 1 aliphatic heterocycles. The molecule has 2 rings (SSSR count). The van der Waals surface area contributed by atoms with Gasteiger partial charge in [0.2, 0.25) is 0 Å². The molecule has 4 nitrogen and oxygen atoms in total. The van der Waals surface area contributed by atoms with Crippen LogP contribution in [0.1, 0.15) is 52.4 Å². The van der Waals surface area contributed by atoms with Gasteiger partial charge in [0.15, 0.2) is 0 Å². The lowest BCUT2D eigenvalue weighted by molar-refractivity contribution is -0.133. The van der Waals surface area contributed by atoms with E-state index in [1.54, 1.807) is 0 Å². The van der Waals surface area contributed by atoms with E-state index in [2.05, 4.69) is 35.1 Å². The normalized spacial score (nSPS) is 31.8. The van der Waals surface area contributed by atoms with E-state index in [0.29, 0.717) is 18.4 Å². The summed E-state index contributed by atoms with van der Waals surface area (Å²) >= 11 is 3.49. The second-order valence-corrected chi connectivity index (χ2v) is 7.07. The molecule has 1 N–H and O–H groups in total. The number of carbonyl (C=O) groups is 2. The van der Waals surface area contributed by atoms with Crippen LogP contribution in [0.2, 0.25) is 0 Å². The van der Waals surface area contributed by atoms with Gasteiger partial charge in [-0.2, -0.15) is 0 Å². The van der Waals surface area contributed by atoms with Crippen molar-refractivity contribution < 1.29 is 9.59 Å². The van der Waals surface area contributed by atoms with E-state index in [1.165, 1.54) is 4.90 Å². The van der Waals surface area contributed by atoms with Crippen molar-refractivity contribution in [1.29, 1.82) is 0 Å². The molecule has 0 aromatic rings. The first-order chi connectivity index (χ1) is 9.52. The van der Waals surface area contributed by atoms with Gasteiger partial charge in [0.05, 0.1) is 0 Å². The summed E-state index contributed by atoms with van der Waals surface area (Å²) < 4.78 is 0.